The van der Waals surface area contributed by atoms with E-state index in [4.69, 9.17) is 10.4 Å². The van der Waals surface area contributed by atoms with Gasteiger partial charge in [-0.1, -0.05) is 0 Å². The second-order valence-corrected chi connectivity index (χ2v) is 2.45. The summed E-state index contributed by atoms with van der Waals surface area (Å²) in [6.45, 7) is -0.629. The lowest BCUT2D eigenvalue weighted by atomic mass is 10.1. The van der Waals surface area contributed by atoms with Crippen LogP contribution >= 0.6 is 0 Å². The van der Waals surface area contributed by atoms with E-state index in [1.807, 2.05) is 0 Å². The predicted molar refractivity (Wildman–Crippen MR) is 39.8 cm³/mol. The zero-order valence-corrected chi connectivity index (χ0v) is 6.84. The monoisotopic (exact) mass is 202 g/mol. The van der Waals surface area contributed by atoms with Crippen LogP contribution in [0.15, 0.2) is 6.07 Å². The molecule has 1 rings (SSSR count). The third-order valence-electron chi connectivity index (χ3n) is 1.59. The van der Waals surface area contributed by atoms with Gasteiger partial charge in [0.25, 0.3) is 6.43 Å². The molecule has 6 heteroatoms. The first-order chi connectivity index (χ1) is 6.60. The second-order valence-electron chi connectivity index (χ2n) is 2.45. The number of aromatic nitrogens is 1. The van der Waals surface area contributed by atoms with Crippen molar-refractivity contribution in [1.82, 2.24) is 4.98 Å². The first kappa shape index (κ1) is 10.5. The maximum atomic E-state index is 12.8. The van der Waals surface area contributed by atoms with Crippen molar-refractivity contribution < 1.29 is 18.3 Å². The minimum absolute atomic E-state index is 0.107. The molecule has 0 atom stereocenters. The van der Waals surface area contributed by atoms with Gasteiger partial charge in [0.15, 0.2) is 0 Å². The van der Waals surface area contributed by atoms with E-state index >= 15 is 0 Å². The number of nitrogens with zero attached hydrogens (tertiary/aromatic N) is 2. The zero-order valence-electron chi connectivity index (χ0n) is 6.84. The smallest absolute Gasteiger partial charge is 0.268 e. The quantitative estimate of drug-likeness (QED) is 0.739. The first-order valence-corrected chi connectivity index (χ1v) is 3.58. The zero-order chi connectivity index (χ0) is 10.7. The molecule has 14 heavy (non-hydrogen) atoms. The maximum Gasteiger partial charge on any atom is 0.268 e. The summed E-state index contributed by atoms with van der Waals surface area (Å²) in [4.78, 5) is 3.02. The standard InChI is InChI=1S/C8H5F3N2O/c9-7(10)5-1-4(3-14)6(2-12)13-8(5)11/h1,7,14H,3H2. The Morgan fingerprint density at radius 1 is 1.57 bits per heavy atom. The summed E-state index contributed by atoms with van der Waals surface area (Å²) in [7, 11) is 0. The first-order valence-electron chi connectivity index (χ1n) is 3.58. The van der Waals surface area contributed by atoms with Crippen LogP contribution in [0.4, 0.5) is 13.2 Å². The molecular weight excluding hydrogens is 197 g/mol. The highest BCUT2D eigenvalue weighted by Crippen LogP contribution is 2.23. The molecular formula is C8H5F3N2O. The Bertz CT molecular complexity index is 386. The van der Waals surface area contributed by atoms with Gasteiger partial charge in [0.2, 0.25) is 5.95 Å². The Kier molecular flexibility index (Phi) is 3.04. The molecule has 1 heterocycles. The van der Waals surface area contributed by atoms with E-state index in [0.717, 1.165) is 6.07 Å². The molecule has 0 saturated heterocycles. The molecule has 0 aromatic carbocycles. The number of hydrogen-bond acceptors (Lipinski definition) is 3. The average molecular weight is 202 g/mol. The van der Waals surface area contributed by atoms with Gasteiger partial charge in [-0.05, 0) is 6.07 Å². The molecule has 74 valence electrons. The summed E-state index contributed by atoms with van der Waals surface area (Å²) < 4.78 is 37.1. The van der Waals surface area contributed by atoms with Gasteiger partial charge in [-0.3, -0.25) is 0 Å². The van der Waals surface area contributed by atoms with E-state index in [1.54, 1.807) is 0 Å². The molecule has 0 amide bonds. The number of halogens is 3. The van der Waals surface area contributed by atoms with E-state index in [2.05, 4.69) is 4.98 Å². The van der Waals surface area contributed by atoms with Crippen LogP contribution in [0.3, 0.4) is 0 Å². The molecule has 1 aromatic rings. The predicted octanol–water partition coefficient (Wildman–Crippen LogP) is 1.52. The van der Waals surface area contributed by atoms with Crippen LogP contribution in [-0.2, 0) is 6.61 Å². The fourth-order valence-corrected chi connectivity index (χ4v) is 0.920. The number of aliphatic hydroxyl groups excluding tert-OH is 1. The lowest BCUT2D eigenvalue weighted by molar-refractivity contribution is 0.144. The summed E-state index contributed by atoms with van der Waals surface area (Å²) in [5.41, 5.74) is -1.40. The largest absolute Gasteiger partial charge is 0.392 e. The van der Waals surface area contributed by atoms with Crippen LogP contribution in [0.2, 0.25) is 0 Å². The summed E-state index contributed by atoms with van der Waals surface area (Å²) >= 11 is 0. The second kappa shape index (κ2) is 4.07. The highest BCUT2D eigenvalue weighted by atomic mass is 19.3. The Labute approximate surface area is 77.4 Å². The number of alkyl halides is 2. The fourth-order valence-electron chi connectivity index (χ4n) is 0.920. The van der Waals surface area contributed by atoms with Gasteiger partial charge in [0.1, 0.15) is 11.8 Å². The van der Waals surface area contributed by atoms with Gasteiger partial charge in [0.05, 0.1) is 12.2 Å². The Balaban J connectivity index is 3.32. The molecule has 0 aliphatic heterocycles. The van der Waals surface area contributed by atoms with Crippen molar-refractivity contribution in [2.45, 2.75) is 13.0 Å². The summed E-state index contributed by atoms with van der Waals surface area (Å²) in [5.74, 6) is -1.38. The van der Waals surface area contributed by atoms with Gasteiger partial charge in [-0.15, -0.1) is 0 Å². The molecule has 0 unspecified atom stereocenters. The molecule has 0 spiro atoms. The minimum atomic E-state index is -3.01. The van der Waals surface area contributed by atoms with Crippen LogP contribution in [-0.4, -0.2) is 10.1 Å². The number of rotatable bonds is 2. The number of pyridine rings is 1. The molecule has 0 aliphatic carbocycles. The average Bonchev–Trinajstić information content (AvgIpc) is 2.16. The minimum Gasteiger partial charge on any atom is -0.392 e. The van der Waals surface area contributed by atoms with Crippen molar-refractivity contribution in [3.8, 4) is 6.07 Å². The maximum absolute atomic E-state index is 12.8. The van der Waals surface area contributed by atoms with Gasteiger partial charge in [-0.2, -0.15) is 9.65 Å². The lowest BCUT2D eigenvalue weighted by Crippen LogP contribution is -2.02. The molecule has 3 nitrogen and oxygen atoms in total. The van der Waals surface area contributed by atoms with Crippen molar-refractivity contribution >= 4 is 0 Å². The van der Waals surface area contributed by atoms with E-state index < -0.39 is 24.5 Å². The summed E-state index contributed by atoms with van der Waals surface area (Å²) in [6, 6.07) is 2.24. The Morgan fingerprint density at radius 3 is 2.64 bits per heavy atom. The van der Waals surface area contributed by atoms with Crippen molar-refractivity contribution in [1.29, 1.82) is 5.26 Å². The lowest BCUT2D eigenvalue weighted by Gasteiger charge is -2.04. The fraction of sp³-hybridized carbons (Fsp3) is 0.250. The summed E-state index contributed by atoms with van der Waals surface area (Å²) in [6.07, 6.45) is -3.01. The summed E-state index contributed by atoms with van der Waals surface area (Å²) in [5, 5.41) is 17.1. The van der Waals surface area contributed by atoms with E-state index in [9.17, 15) is 13.2 Å². The van der Waals surface area contributed by atoms with Crippen molar-refractivity contribution in [3.63, 3.8) is 0 Å². The van der Waals surface area contributed by atoms with Crippen LogP contribution < -0.4 is 0 Å². The molecule has 0 bridgehead atoms. The van der Waals surface area contributed by atoms with Crippen LogP contribution in [0, 0.1) is 17.3 Å². The van der Waals surface area contributed by atoms with Gasteiger partial charge in [0, 0.05) is 5.56 Å². The third-order valence-corrected chi connectivity index (χ3v) is 1.59. The normalized spacial score (nSPS) is 10.3. The number of hydrogen-bond donors (Lipinski definition) is 1. The van der Waals surface area contributed by atoms with E-state index in [1.165, 1.54) is 6.07 Å². The molecule has 0 saturated carbocycles. The van der Waals surface area contributed by atoms with Crippen molar-refractivity contribution in [2.24, 2.45) is 0 Å². The molecule has 1 N–H and O–H groups in total. The van der Waals surface area contributed by atoms with Crippen LogP contribution in [0.25, 0.3) is 0 Å². The SMILES string of the molecule is N#Cc1nc(F)c(C(F)F)cc1CO. The van der Waals surface area contributed by atoms with Crippen molar-refractivity contribution in [3.05, 3.63) is 28.8 Å². The van der Waals surface area contributed by atoms with Gasteiger partial charge < -0.3 is 5.11 Å². The highest BCUT2D eigenvalue weighted by Gasteiger charge is 2.17. The molecule has 0 radical (unpaired) electrons. The Morgan fingerprint density at radius 2 is 2.21 bits per heavy atom. The molecule has 0 aliphatic rings. The van der Waals surface area contributed by atoms with E-state index in [-0.39, 0.29) is 11.3 Å². The molecule has 0 fully saturated rings. The number of nitriles is 1. The highest BCUT2D eigenvalue weighted by molar-refractivity contribution is 5.34. The van der Waals surface area contributed by atoms with Crippen LogP contribution in [0.1, 0.15) is 23.2 Å². The van der Waals surface area contributed by atoms with Gasteiger partial charge >= 0.3 is 0 Å². The Hall–Kier alpha value is -1.61. The van der Waals surface area contributed by atoms with E-state index in [0.29, 0.717) is 0 Å². The topological polar surface area (TPSA) is 56.9 Å². The molecule has 1 aromatic heterocycles. The van der Waals surface area contributed by atoms with Gasteiger partial charge in [-0.25, -0.2) is 13.8 Å². The number of aliphatic hydroxyl groups is 1. The van der Waals surface area contributed by atoms with Crippen LogP contribution in [0.5, 0.6) is 0 Å². The van der Waals surface area contributed by atoms with Crippen molar-refractivity contribution in [2.75, 3.05) is 0 Å². The third kappa shape index (κ3) is 1.83.